The monoisotopic (exact) mass is 408 g/mol. The van der Waals surface area contributed by atoms with Crippen LogP contribution in [0.1, 0.15) is 36.6 Å². The van der Waals surface area contributed by atoms with E-state index in [9.17, 15) is 5.26 Å². The molecule has 146 valence electrons. The van der Waals surface area contributed by atoms with E-state index in [4.69, 9.17) is 5.73 Å². The van der Waals surface area contributed by atoms with Gasteiger partial charge >= 0.3 is 0 Å². The summed E-state index contributed by atoms with van der Waals surface area (Å²) in [6, 6.07) is 10.2. The molecule has 27 heavy (non-hydrogen) atoms. The highest BCUT2D eigenvalue weighted by Crippen LogP contribution is 2.23. The molecule has 0 saturated carbocycles. The van der Waals surface area contributed by atoms with E-state index < -0.39 is 0 Å². The van der Waals surface area contributed by atoms with Gasteiger partial charge in [-0.3, -0.25) is 0 Å². The fourth-order valence-corrected chi connectivity index (χ4v) is 3.03. The second-order valence-electron chi connectivity index (χ2n) is 6.55. The Kier molecular flexibility index (Phi) is 8.77. The third kappa shape index (κ3) is 5.70. The minimum atomic E-state index is 0. The molecule has 3 rings (SSSR count). The molecule has 1 aliphatic rings. The van der Waals surface area contributed by atoms with Gasteiger partial charge in [0.05, 0.1) is 11.6 Å². The van der Waals surface area contributed by atoms with Crippen molar-refractivity contribution in [3.05, 3.63) is 41.1 Å². The lowest BCUT2D eigenvalue weighted by molar-refractivity contribution is 0.751. The fraction of sp³-hybridized carbons (Fsp3) is 0.421. The molecule has 1 saturated heterocycles. The first kappa shape index (κ1) is 23.0. The smallest absolute Gasteiger partial charge is 0.229 e. The molecule has 1 aromatic heterocycles. The Balaban J connectivity index is 0.00000182. The fourth-order valence-electron chi connectivity index (χ4n) is 3.03. The van der Waals surface area contributed by atoms with Crippen LogP contribution in [0.3, 0.4) is 0 Å². The molecule has 0 spiro atoms. The second-order valence-corrected chi connectivity index (χ2v) is 6.55. The lowest BCUT2D eigenvalue weighted by Crippen LogP contribution is -2.27. The first-order chi connectivity index (χ1) is 12.1. The van der Waals surface area contributed by atoms with Crippen molar-refractivity contribution in [2.75, 3.05) is 23.3 Å². The predicted molar refractivity (Wildman–Crippen MR) is 115 cm³/mol. The molecule has 2 aromatic rings. The number of nitrogens with two attached hydrogens (primary N) is 1. The maximum absolute atomic E-state index is 9.21. The Morgan fingerprint density at radius 2 is 2.07 bits per heavy atom. The molecule has 3 N–H and O–H groups in total. The number of halogens is 2. The molecular weight excluding hydrogens is 383 g/mol. The van der Waals surface area contributed by atoms with Crippen LogP contribution in [-0.4, -0.2) is 29.1 Å². The number of aryl methyl sites for hydroxylation is 2. The normalized spacial score (nSPS) is 15.5. The molecule has 1 unspecified atom stereocenters. The SMILES string of the molecule is CCCc1cc(N2CCC(N)C2)nc(Nc2ccc(C)c(C#N)c2)n1.Cl.Cl. The van der Waals surface area contributed by atoms with Gasteiger partial charge in [0.15, 0.2) is 0 Å². The van der Waals surface area contributed by atoms with E-state index in [0.717, 1.165) is 55.1 Å². The largest absolute Gasteiger partial charge is 0.355 e. The molecule has 0 aliphatic carbocycles. The van der Waals surface area contributed by atoms with Gasteiger partial charge < -0.3 is 16.0 Å². The number of aromatic nitrogens is 2. The van der Waals surface area contributed by atoms with Gasteiger partial charge in [-0.25, -0.2) is 4.98 Å². The van der Waals surface area contributed by atoms with Crippen molar-refractivity contribution in [1.82, 2.24) is 9.97 Å². The van der Waals surface area contributed by atoms with E-state index in [-0.39, 0.29) is 30.9 Å². The number of nitriles is 1. The summed E-state index contributed by atoms with van der Waals surface area (Å²) in [5, 5.41) is 12.5. The molecule has 1 aromatic carbocycles. The average molecular weight is 409 g/mol. The highest BCUT2D eigenvalue weighted by atomic mass is 35.5. The highest BCUT2D eigenvalue weighted by molar-refractivity contribution is 5.85. The van der Waals surface area contributed by atoms with Crippen LogP contribution in [-0.2, 0) is 6.42 Å². The number of nitrogens with zero attached hydrogens (tertiary/aromatic N) is 4. The number of benzene rings is 1. The summed E-state index contributed by atoms with van der Waals surface area (Å²) in [6.45, 7) is 5.81. The van der Waals surface area contributed by atoms with Crippen LogP contribution >= 0.6 is 24.8 Å². The Bertz CT molecular complexity index is 805. The van der Waals surface area contributed by atoms with Crippen molar-refractivity contribution >= 4 is 42.3 Å². The zero-order valence-electron chi connectivity index (χ0n) is 15.6. The molecule has 0 amide bonds. The average Bonchev–Trinajstić information content (AvgIpc) is 3.03. The van der Waals surface area contributed by atoms with Crippen molar-refractivity contribution in [2.45, 2.75) is 39.2 Å². The van der Waals surface area contributed by atoms with Crippen LogP contribution < -0.4 is 16.0 Å². The van der Waals surface area contributed by atoms with Gasteiger partial charge in [0.2, 0.25) is 5.95 Å². The lowest BCUT2D eigenvalue weighted by Gasteiger charge is -2.19. The Hall–Kier alpha value is -2.07. The summed E-state index contributed by atoms with van der Waals surface area (Å²) in [5.74, 6) is 1.48. The Morgan fingerprint density at radius 1 is 1.30 bits per heavy atom. The summed E-state index contributed by atoms with van der Waals surface area (Å²) >= 11 is 0. The summed E-state index contributed by atoms with van der Waals surface area (Å²) < 4.78 is 0. The van der Waals surface area contributed by atoms with Crippen LogP contribution in [0.5, 0.6) is 0 Å². The van der Waals surface area contributed by atoms with Gasteiger partial charge in [0.1, 0.15) is 5.82 Å². The lowest BCUT2D eigenvalue weighted by atomic mass is 10.1. The number of rotatable bonds is 5. The minimum Gasteiger partial charge on any atom is -0.355 e. The molecular formula is C19H26Cl2N6. The van der Waals surface area contributed by atoms with Crippen LogP contribution in [0, 0.1) is 18.3 Å². The number of anilines is 3. The van der Waals surface area contributed by atoms with Gasteiger partial charge in [-0.05, 0) is 37.5 Å². The molecule has 1 aliphatic heterocycles. The third-order valence-corrected chi connectivity index (χ3v) is 4.43. The van der Waals surface area contributed by atoms with Crippen molar-refractivity contribution in [3.63, 3.8) is 0 Å². The van der Waals surface area contributed by atoms with Crippen molar-refractivity contribution in [1.29, 1.82) is 5.26 Å². The van der Waals surface area contributed by atoms with E-state index in [2.05, 4.69) is 39.2 Å². The molecule has 1 fully saturated rings. The summed E-state index contributed by atoms with van der Waals surface area (Å²) in [6.07, 6.45) is 2.92. The topological polar surface area (TPSA) is 90.9 Å². The summed E-state index contributed by atoms with van der Waals surface area (Å²) in [5.41, 5.74) is 9.48. The van der Waals surface area contributed by atoms with E-state index in [1.165, 1.54) is 0 Å². The maximum atomic E-state index is 9.21. The molecule has 0 bridgehead atoms. The van der Waals surface area contributed by atoms with Crippen molar-refractivity contribution < 1.29 is 0 Å². The van der Waals surface area contributed by atoms with Crippen LogP contribution in [0.25, 0.3) is 0 Å². The van der Waals surface area contributed by atoms with Crippen LogP contribution in [0.15, 0.2) is 24.3 Å². The third-order valence-electron chi connectivity index (χ3n) is 4.43. The van der Waals surface area contributed by atoms with Crippen LogP contribution in [0.4, 0.5) is 17.5 Å². The van der Waals surface area contributed by atoms with Crippen molar-refractivity contribution in [3.8, 4) is 6.07 Å². The number of hydrogen-bond acceptors (Lipinski definition) is 6. The maximum Gasteiger partial charge on any atom is 0.229 e. The molecule has 1 atom stereocenters. The quantitative estimate of drug-likeness (QED) is 0.782. The zero-order chi connectivity index (χ0) is 17.8. The van der Waals surface area contributed by atoms with E-state index in [1.807, 2.05) is 25.1 Å². The summed E-state index contributed by atoms with van der Waals surface area (Å²) in [7, 11) is 0. The Labute approximate surface area is 173 Å². The molecule has 0 radical (unpaired) electrons. The van der Waals surface area contributed by atoms with Crippen LogP contribution in [0.2, 0.25) is 0 Å². The van der Waals surface area contributed by atoms with Gasteiger partial charge in [0, 0.05) is 36.6 Å². The first-order valence-electron chi connectivity index (χ1n) is 8.75. The molecule has 6 nitrogen and oxygen atoms in total. The van der Waals surface area contributed by atoms with Gasteiger partial charge in [0.25, 0.3) is 0 Å². The van der Waals surface area contributed by atoms with Gasteiger partial charge in [-0.2, -0.15) is 10.2 Å². The van der Waals surface area contributed by atoms with Crippen molar-refractivity contribution in [2.24, 2.45) is 5.73 Å². The highest BCUT2D eigenvalue weighted by Gasteiger charge is 2.21. The number of hydrogen-bond donors (Lipinski definition) is 2. The van der Waals surface area contributed by atoms with E-state index in [0.29, 0.717) is 11.5 Å². The standard InChI is InChI=1S/C19H24N6.2ClH/c1-3-4-16-10-18(25-8-7-15(21)12-25)24-19(22-16)23-17-6-5-13(2)14(9-17)11-20;;/h5-6,9-10,15H,3-4,7-8,12,21H2,1-2H3,(H,22,23,24);2*1H. The van der Waals surface area contributed by atoms with Gasteiger partial charge in [-0.1, -0.05) is 19.4 Å². The van der Waals surface area contributed by atoms with E-state index >= 15 is 0 Å². The Morgan fingerprint density at radius 3 is 2.70 bits per heavy atom. The van der Waals surface area contributed by atoms with E-state index in [1.54, 1.807) is 0 Å². The second kappa shape index (κ2) is 10.3. The first-order valence-corrected chi connectivity index (χ1v) is 8.75. The molecule has 8 heteroatoms. The number of nitrogens with one attached hydrogen (secondary N) is 1. The predicted octanol–water partition coefficient (Wildman–Crippen LogP) is 3.73. The minimum absolute atomic E-state index is 0. The molecule has 2 heterocycles. The van der Waals surface area contributed by atoms with Gasteiger partial charge in [-0.15, -0.1) is 24.8 Å². The zero-order valence-corrected chi connectivity index (χ0v) is 17.2. The summed E-state index contributed by atoms with van der Waals surface area (Å²) in [4.78, 5) is 11.5.